The summed E-state index contributed by atoms with van der Waals surface area (Å²) in [6.45, 7) is 1.89. The fourth-order valence-corrected chi connectivity index (χ4v) is 5.21. The van der Waals surface area contributed by atoms with Gasteiger partial charge in [-0.05, 0) is 73.6 Å². The molecule has 8 heteroatoms. The van der Waals surface area contributed by atoms with Crippen LogP contribution < -0.4 is 5.32 Å². The van der Waals surface area contributed by atoms with E-state index in [0.29, 0.717) is 42.0 Å². The summed E-state index contributed by atoms with van der Waals surface area (Å²) in [5, 5.41) is 3.50. The van der Waals surface area contributed by atoms with Crippen molar-refractivity contribution in [2.45, 2.75) is 44.3 Å². The number of carbonyl (C=O) groups excluding carboxylic acids is 2. The quantitative estimate of drug-likeness (QED) is 0.596. The van der Waals surface area contributed by atoms with Crippen LogP contribution in [0.1, 0.15) is 54.1 Å². The largest absolute Gasteiger partial charge is 0.416 e. The first-order valence-corrected chi connectivity index (χ1v) is 11.0. The monoisotopic (exact) mass is 464 g/mol. The SMILES string of the molecule is C[C@H](C(=O)Nc1ccc(Cl)cc1)[C@H]1CC[C@@]2(CC1)c1ccc(C(F)(F)F)cc1C(=O)N2C. The van der Waals surface area contributed by atoms with Crippen molar-refractivity contribution < 1.29 is 22.8 Å². The Morgan fingerprint density at radius 2 is 1.78 bits per heavy atom. The number of hydrogen-bond acceptors (Lipinski definition) is 2. The van der Waals surface area contributed by atoms with Gasteiger partial charge < -0.3 is 10.2 Å². The van der Waals surface area contributed by atoms with Crippen molar-refractivity contribution in [2.24, 2.45) is 11.8 Å². The molecule has 0 aromatic heterocycles. The topological polar surface area (TPSA) is 49.4 Å². The normalized spacial score (nSPS) is 23.9. The fraction of sp³-hybridized carbons (Fsp3) is 0.417. The summed E-state index contributed by atoms with van der Waals surface area (Å²) >= 11 is 5.88. The Bertz CT molecular complexity index is 1040. The Labute approximate surface area is 189 Å². The maximum absolute atomic E-state index is 13.1. The van der Waals surface area contributed by atoms with E-state index in [-0.39, 0.29) is 29.2 Å². The van der Waals surface area contributed by atoms with Gasteiger partial charge in [-0.25, -0.2) is 0 Å². The summed E-state index contributed by atoms with van der Waals surface area (Å²) in [7, 11) is 1.66. The highest BCUT2D eigenvalue weighted by atomic mass is 35.5. The van der Waals surface area contributed by atoms with E-state index < -0.39 is 17.3 Å². The Morgan fingerprint density at radius 1 is 1.16 bits per heavy atom. The first-order chi connectivity index (χ1) is 15.0. The lowest BCUT2D eigenvalue weighted by molar-refractivity contribution is -0.137. The summed E-state index contributed by atoms with van der Waals surface area (Å²) in [6, 6.07) is 10.4. The molecule has 0 unspecified atom stereocenters. The molecule has 2 amide bonds. The lowest BCUT2D eigenvalue weighted by atomic mass is 9.69. The summed E-state index contributed by atoms with van der Waals surface area (Å²) in [4.78, 5) is 27.1. The number of carbonyl (C=O) groups is 2. The van der Waals surface area contributed by atoms with Gasteiger partial charge in [-0.3, -0.25) is 9.59 Å². The predicted molar refractivity (Wildman–Crippen MR) is 116 cm³/mol. The van der Waals surface area contributed by atoms with Crippen molar-refractivity contribution in [1.82, 2.24) is 4.90 Å². The summed E-state index contributed by atoms with van der Waals surface area (Å²) < 4.78 is 39.4. The average Bonchev–Trinajstić information content (AvgIpc) is 2.96. The van der Waals surface area contributed by atoms with Gasteiger partial charge in [0.25, 0.3) is 5.91 Å². The molecular weight excluding hydrogens is 441 g/mol. The second-order valence-corrected chi connectivity index (χ2v) is 9.21. The number of nitrogens with one attached hydrogen (secondary N) is 1. The number of fused-ring (bicyclic) bond motifs is 2. The van der Waals surface area contributed by atoms with E-state index in [2.05, 4.69) is 5.32 Å². The second-order valence-electron chi connectivity index (χ2n) is 8.78. The van der Waals surface area contributed by atoms with Crippen molar-refractivity contribution in [3.05, 3.63) is 64.2 Å². The standard InChI is InChI=1S/C24H24ClF3N2O2/c1-14(21(31)29-18-6-4-17(25)5-7-18)15-9-11-23(12-10-15)20-8-3-16(24(26,27)28)13-19(20)22(32)30(23)2/h3-8,13-15H,9-12H2,1-2H3,(H,29,31)/t14-,15-,23+/m0/s1. The molecule has 170 valence electrons. The minimum atomic E-state index is -4.49. The van der Waals surface area contributed by atoms with Gasteiger partial charge in [-0.2, -0.15) is 13.2 Å². The van der Waals surface area contributed by atoms with Crippen molar-refractivity contribution in [2.75, 3.05) is 12.4 Å². The van der Waals surface area contributed by atoms with Gasteiger partial charge in [-0.15, -0.1) is 0 Å². The second kappa shape index (κ2) is 8.10. The van der Waals surface area contributed by atoms with Crippen LogP contribution in [0.3, 0.4) is 0 Å². The minimum Gasteiger partial charge on any atom is -0.332 e. The van der Waals surface area contributed by atoms with Crippen LogP contribution in [0.25, 0.3) is 0 Å². The number of nitrogens with zero attached hydrogens (tertiary/aromatic N) is 1. The Hall–Kier alpha value is -2.54. The molecule has 4 nitrogen and oxygen atoms in total. The van der Waals surface area contributed by atoms with E-state index in [1.54, 1.807) is 36.2 Å². The fourth-order valence-electron chi connectivity index (χ4n) is 5.08. The smallest absolute Gasteiger partial charge is 0.332 e. The van der Waals surface area contributed by atoms with Gasteiger partial charge in [0.1, 0.15) is 0 Å². The van der Waals surface area contributed by atoms with Crippen molar-refractivity contribution >= 4 is 29.1 Å². The van der Waals surface area contributed by atoms with E-state index in [4.69, 9.17) is 11.6 Å². The minimum absolute atomic E-state index is 0.0839. The van der Waals surface area contributed by atoms with Crippen LogP contribution in [0.4, 0.5) is 18.9 Å². The van der Waals surface area contributed by atoms with Crippen LogP contribution in [0.2, 0.25) is 5.02 Å². The summed E-state index contributed by atoms with van der Waals surface area (Å²) in [5.74, 6) is -0.579. The highest BCUT2D eigenvalue weighted by Gasteiger charge is 2.50. The van der Waals surface area contributed by atoms with Crippen LogP contribution >= 0.6 is 11.6 Å². The molecule has 1 aliphatic heterocycles. The molecule has 2 aliphatic rings. The number of halogens is 4. The molecule has 32 heavy (non-hydrogen) atoms. The van der Waals surface area contributed by atoms with E-state index in [9.17, 15) is 22.8 Å². The van der Waals surface area contributed by atoms with Gasteiger partial charge in [0.15, 0.2) is 0 Å². The van der Waals surface area contributed by atoms with Crippen LogP contribution in [0.5, 0.6) is 0 Å². The van der Waals surface area contributed by atoms with Crippen LogP contribution in [-0.2, 0) is 16.5 Å². The molecule has 0 saturated heterocycles. The molecule has 0 bridgehead atoms. The average molecular weight is 465 g/mol. The Balaban J connectivity index is 1.48. The third kappa shape index (κ3) is 3.87. The number of hydrogen-bond donors (Lipinski definition) is 1. The molecule has 1 atom stereocenters. The van der Waals surface area contributed by atoms with E-state index in [0.717, 1.165) is 12.1 Å². The van der Waals surface area contributed by atoms with E-state index in [1.807, 2.05) is 6.92 Å². The third-order valence-corrected chi connectivity index (χ3v) is 7.37. The molecule has 1 saturated carbocycles. The zero-order valence-electron chi connectivity index (χ0n) is 17.8. The van der Waals surface area contributed by atoms with Gasteiger partial charge in [-0.1, -0.05) is 24.6 Å². The number of benzene rings is 2. The highest BCUT2D eigenvalue weighted by molar-refractivity contribution is 6.30. The lowest BCUT2D eigenvalue weighted by Gasteiger charge is -2.43. The molecule has 1 aliphatic carbocycles. The Kier molecular flexibility index (Phi) is 5.74. The van der Waals surface area contributed by atoms with Crippen molar-refractivity contribution in [1.29, 1.82) is 0 Å². The van der Waals surface area contributed by atoms with Crippen LogP contribution in [0.15, 0.2) is 42.5 Å². The molecular formula is C24H24ClF3N2O2. The molecule has 0 radical (unpaired) electrons. The molecule has 1 fully saturated rings. The van der Waals surface area contributed by atoms with Gasteiger partial charge in [0.05, 0.1) is 11.1 Å². The maximum atomic E-state index is 13.1. The molecule has 1 heterocycles. The summed E-state index contributed by atoms with van der Waals surface area (Å²) in [5.41, 5.74) is 0.0497. The molecule has 2 aromatic carbocycles. The van der Waals surface area contributed by atoms with Crippen molar-refractivity contribution in [3.8, 4) is 0 Å². The van der Waals surface area contributed by atoms with Crippen molar-refractivity contribution in [3.63, 3.8) is 0 Å². The van der Waals surface area contributed by atoms with E-state index in [1.165, 1.54) is 6.07 Å². The Morgan fingerprint density at radius 3 is 2.38 bits per heavy atom. The predicted octanol–water partition coefficient (Wildman–Crippen LogP) is 6.10. The summed E-state index contributed by atoms with van der Waals surface area (Å²) in [6.07, 6.45) is -1.87. The first-order valence-electron chi connectivity index (χ1n) is 10.6. The maximum Gasteiger partial charge on any atom is 0.416 e. The number of amides is 2. The van der Waals surface area contributed by atoms with E-state index >= 15 is 0 Å². The van der Waals surface area contributed by atoms with Crippen LogP contribution in [0, 0.1) is 11.8 Å². The number of anilines is 1. The highest BCUT2D eigenvalue weighted by Crippen LogP contribution is 2.51. The molecule has 4 rings (SSSR count). The zero-order valence-corrected chi connectivity index (χ0v) is 18.6. The van der Waals surface area contributed by atoms with Crippen LogP contribution in [-0.4, -0.2) is 23.8 Å². The van der Waals surface area contributed by atoms with Gasteiger partial charge in [0.2, 0.25) is 5.91 Å². The lowest BCUT2D eigenvalue weighted by Crippen LogP contribution is -2.45. The third-order valence-electron chi connectivity index (χ3n) is 7.12. The molecule has 1 spiro atoms. The molecule has 1 N–H and O–H groups in total. The number of rotatable bonds is 3. The zero-order chi connectivity index (χ0) is 23.3. The van der Waals surface area contributed by atoms with Gasteiger partial charge in [0, 0.05) is 29.2 Å². The first kappa shape index (κ1) is 22.6. The number of alkyl halides is 3. The van der Waals surface area contributed by atoms with Gasteiger partial charge >= 0.3 is 6.18 Å². The molecule has 2 aromatic rings.